The fourth-order valence-electron chi connectivity index (χ4n) is 3.35. The highest BCUT2D eigenvalue weighted by Gasteiger charge is 2.32. The lowest BCUT2D eigenvalue weighted by atomic mass is 9.97. The number of aromatic amines is 1. The Hall–Kier alpha value is -1.34. The number of hydrogen-bond donors (Lipinski definition) is 1. The summed E-state index contributed by atoms with van der Waals surface area (Å²) in [5.41, 5.74) is 0.958. The summed E-state index contributed by atoms with van der Waals surface area (Å²) in [4.78, 5) is 19.5. The van der Waals surface area contributed by atoms with Gasteiger partial charge in [0.05, 0.1) is 5.25 Å². The molecular weight excluding hydrogens is 400 g/mol. The molecule has 1 aromatic carbocycles. The number of amides is 1. The Balaban J connectivity index is 1.70. The maximum absolute atomic E-state index is 12.9. The van der Waals surface area contributed by atoms with Gasteiger partial charge in [0.25, 0.3) is 0 Å². The van der Waals surface area contributed by atoms with Crippen molar-refractivity contribution < 1.29 is 4.79 Å². The first-order valence-corrected chi connectivity index (χ1v) is 10.3. The highest BCUT2D eigenvalue weighted by molar-refractivity contribution is 9.10. The summed E-state index contributed by atoms with van der Waals surface area (Å²) >= 11 is 4.94. The van der Waals surface area contributed by atoms with Crippen molar-refractivity contribution in [1.29, 1.82) is 0 Å². The van der Waals surface area contributed by atoms with Crippen molar-refractivity contribution in [3.63, 3.8) is 0 Å². The third-order valence-corrected chi connectivity index (χ3v) is 6.31. The highest BCUT2D eigenvalue weighted by atomic mass is 79.9. The summed E-state index contributed by atoms with van der Waals surface area (Å²) in [5, 5.41) is 7.64. The lowest BCUT2D eigenvalue weighted by Gasteiger charge is -2.40. The average molecular weight is 423 g/mol. The van der Waals surface area contributed by atoms with E-state index in [1.165, 1.54) is 18.2 Å². The number of thioether (sulfide) groups is 1. The molecule has 1 saturated heterocycles. The number of carbonyl (C=O) groups is 1. The quantitative estimate of drug-likeness (QED) is 0.736. The van der Waals surface area contributed by atoms with E-state index < -0.39 is 0 Å². The molecular formula is C18H23BrN4OS. The van der Waals surface area contributed by atoms with Crippen LogP contribution in [0.15, 0.2) is 33.9 Å². The van der Waals surface area contributed by atoms with Crippen LogP contribution in [-0.2, 0) is 4.79 Å². The zero-order valence-electron chi connectivity index (χ0n) is 14.7. The third kappa shape index (κ3) is 4.08. The molecule has 1 aliphatic heterocycles. The zero-order chi connectivity index (χ0) is 18.0. The van der Waals surface area contributed by atoms with Crippen LogP contribution in [-0.4, -0.2) is 43.3 Å². The maximum Gasteiger partial charge on any atom is 0.236 e. The summed E-state index contributed by atoms with van der Waals surface area (Å²) in [5.74, 6) is 0.881. The van der Waals surface area contributed by atoms with Gasteiger partial charge in [0, 0.05) is 22.1 Å². The highest BCUT2D eigenvalue weighted by Crippen LogP contribution is 2.30. The van der Waals surface area contributed by atoms with E-state index in [9.17, 15) is 4.79 Å². The van der Waals surface area contributed by atoms with Gasteiger partial charge in [0.1, 0.15) is 0 Å². The predicted octanol–water partition coefficient (Wildman–Crippen LogP) is 4.50. The first-order chi connectivity index (χ1) is 12.0. The van der Waals surface area contributed by atoms with E-state index in [0.717, 1.165) is 22.9 Å². The molecule has 1 aromatic heterocycles. The van der Waals surface area contributed by atoms with Crippen molar-refractivity contribution in [3.05, 3.63) is 28.7 Å². The van der Waals surface area contributed by atoms with Crippen LogP contribution in [0, 0.1) is 0 Å². The summed E-state index contributed by atoms with van der Waals surface area (Å²) in [6, 6.07) is 8.48. The van der Waals surface area contributed by atoms with E-state index in [2.05, 4.69) is 45.0 Å². The standard InChI is InChI=1S/C18H23BrN4OS/c1-11-7-6-8-12(2)23(11)17(24)13(3)25-18-20-16(21-22-18)14-9-4-5-10-15(14)19/h4-5,9-13H,6-8H2,1-3H3,(H,20,21,22)/t11-,12-,13+/m1/s1. The lowest BCUT2D eigenvalue weighted by Crippen LogP contribution is -2.50. The molecule has 134 valence electrons. The van der Waals surface area contributed by atoms with Crippen LogP contribution in [0.2, 0.25) is 0 Å². The number of aromatic nitrogens is 3. The fourth-order valence-corrected chi connectivity index (χ4v) is 4.60. The van der Waals surface area contributed by atoms with Gasteiger partial charge in [-0.05, 0) is 46.1 Å². The first kappa shape index (κ1) is 18.5. The van der Waals surface area contributed by atoms with Gasteiger partial charge in [-0.3, -0.25) is 9.89 Å². The summed E-state index contributed by atoms with van der Waals surface area (Å²) in [6.45, 7) is 6.22. The second-order valence-electron chi connectivity index (χ2n) is 6.58. The molecule has 1 amide bonds. The van der Waals surface area contributed by atoms with Gasteiger partial charge in [-0.2, -0.15) is 0 Å². The molecule has 2 heterocycles. The Morgan fingerprint density at radius 2 is 2.00 bits per heavy atom. The fraction of sp³-hybridized carbons (Fsp3) is 0.500. The maximum atomic E-state index is 12.9. The molecule has 0 aliphatic carbocycles. The Kier molecular flexibility index (Phi) is 5.84. The molecule has 1 N–H and O–H groups in total. The average Bonchev–Trinajstić information content (AvgIpc) is 3.03. The largest absolute Gasteiger partial charge is 0.336 e. The summed E-state index contributed by atoms with van der Waals surface area (Å²) in [7, 11) is 0. The number of halogens is 1. The van der Waals surface area contributed by atoms with Crippen molar-refractivity contribution >= 4 is 33.6 Å². The van der Waals surface area contributed by atoms with Gasteiger partial charge < -0.3 is 4.90 Å². The first-order valence-electron chi connectivity index (χ1n) is 8.63. The summed E-state index contributed by atoms with van der Waals surface area (Å²) in [6.07, 6.45) is 3.37. The predicted molar refractivity (Wildman–Crippen MR) is 104 cm³/mol. The SMILES string of the molecule is C[C@H](Sc1n[nH]c(-c2ccccc2Br)n1)C(=O)N1[C@H](C)CCC[C@H]1C. The summed E-state index contributed by atoms with van der Waals surface area (Å²) < 4.78 is 0.961. The molecule has 2 aromatic rings. The molecule has 0 bridgehead atoms. The Morgan fingerprint density at radius 3 is 2.68 bits per heavy atom. The number of rotatable bonds is 4. The molecule has 5 nitrogen and oxygen atoms in total. The number of H-pyrrole nitrogens is 1. The number of piperidine rings is 1. The number of hydrogen-bond acceptors (Lipinski definition) is 4. The van der Waals surface area contributed by atoms with Gasteiger partial charge in [0.15, 0.2) is 5.82 Å². The van der Waals surface area contributed by atoms with E-state index in [1.807, 2.05) is 36.1 Å². The van der Waals surface area contributed by atoms with Crippen LogP contribution in [0.25, 0.3) is 11.4 Å². The van der Waals surface area contributed by atoms with Crippen molar-refractivity contribution in [1.82, 2.24) is 20.1 Å². The van der Waals surface area contributed by atoms with E-state index in [-0.39, 0.29) is 11.2 Å². The van der Waals surface area contributed by atoms with Crippen molar-refractivity contribution in [3.8, 4) is 11.4 Å². The van der Waals surface area contributed by atoms with Crippen molar-refractivity contribution in [2.45, 2.75) is 62.5 Å². The molecule has 3 rings (SSSR count). The molecule has 1 fully saturated rings. The molecule has 1 aliphatic rings. The van der Waals surface area contributed by atoms with Gasteiger partial charge in [-0.1, -0.05) is 45.9 Å². The number of benzene rings is 1. The van der Waals surface area contributed by atoms with Gasteiger partial charge in [0.2, 0.25) is 11.1 Å². The molecule has 25 heavy (non-hydrogen) atoms. The molecule has 3 atom stereocenters. The minimum absolute atomic E-state index is 0.178. The van der Waals surface area contributed by atoms with Gasteiger partial charge in [-0.15, -0.1) is 5.10 Å². The number of likely N-dealkylation sites (tertiary alicyclic amines) is 1. The normalized spacial score (nSPS) is 22.0. The lowest BCUT2D eigenvalue weighted by molar-refractivity contribution is -0.136. The molecule has 7 heteroatoms. The second-order valence-corrected chi connectivity index (χ2v) is 8.74. The van der Waals surface area contributed by atoms with E-state index in [1.54, 1.807) is 0 Å². The van der Waals surface area contributed by atoms with E-state index in [0.29, 0.717) is 23.1 Å². The van der Waals surface area contributed by atoms with Gasteiger partial charge in [-0.25, -0.2) is 4.98 Å². The number of carbonyl (C=O) groups excluding carboxylic acids is 1. The van der Waals surface area contributed by atoms with E-state index >= 15 is 0 Å². The van der Waals surface area contributed by atoms with Crippen LogP contribution < -0.4 is 0 Å². The third-order valence-electron chi connectivity index (χ3n) is 4.67. The van der Waals surface area contributed by atoms with Crippen LogP contribution in [0.5, 0.6) is 0 Å². The Morgan fingerprint density at radius 1 is 1.32 bits per heavy atom. The van der Waals surface area contributed by atoms with Crippen LogP contribution in [0.3, 0.4) is 0 Å². The van der Waals surface area contributed by atoms with E-state index in [4.69, 9.17) is 0 Å². The van der Waals surface area contributed by atoms with Gasteiger partial charge >= 0.3 is 0 Å². The molecule has 0 saturated carbocycles. The number of nitrogens with one attached hydrogen (secondary N) is 1. The Bertz CT molecular complexity index is 740. The van der Waals surface area contributed by atoms with Crippen molar-refractivity contribution in [2.75, 3.05) is 0 Å². The van der Waals surface area contributed by atoms with Crippen LogP contribution in [0.4, 0.5) is 0 Å². The molecule has 0 unspecified atom stereocenters. The van der Waals surface area contributed by atoms with Crippen LogP contribution in [0.1, 0.15) is 40.0 Å². The number of nitrogens with zero attached hydrogens (tertiary/aromatic N) is 3. The van der Waals surface area contributed by atoms with Crippen LogP contribution >= 0.6 is 27.7 Å². The smallest absolute Gasteiger partial charge is 0.236 e. The topological polar surface area (TPSA) is 61.9 Å². The zero-order valence-corrected chi connectivity index (χ0v) is 17.1. The second kappa shape index (κ2) is 7.91. The monoisotopic (exact) mass is 422 g/mol. The molecule has 0 radical (unpaired) electrons. The molecule has 0 spiro atoms. The Labute approximate surface area is 161 Å². The van der Waals surface area contributed by atoms with Crippen molar-refractivity contribution in [2.24, 2.45) is 0 Å². The minimum atomic E-state index is -0.203. The minimum Gasteiger partial charge on any atom is -0.336 e.